The number of aryl methyl sites for hydroxylation is 1. The van der Waals surface area contributed by atoms with Crippen LogP contribution in [0.4, 0.5) is 20.6 Å². The molecule has 3 heterocycles. The van der Waals surface area contributed by atoms with Gasteiger partial charge in [-0.2, -0.15) is 0 Å². The van der Waals surface area contributed by atoms with Crippen LogP contribution in [-0.2, 0) is 19.4 Å². The topological polar surface area (TPSA) is 40.5 Å². The number of rotatable bonds is 3. The van der Waals surface area contributed by atoms with Crippen molar-refractivity contribution >= 4 is 40.3 Å². The Labute approximate surface area is 225 Å². The van der Waals surface area contributed by atoms with Gasteiger partial charge < -0.3 is 19.7 Å². The second-order valence-electron chi connectivity index (χ2n) is 9.87. The van der Waals surface area contributed by atoms with Crippen LogP contribution in [0.15, 0.2) is 60.8 Å². The molecule has 2 amide bonds. The number of carbonyl (C=O) groups is 1. The van der Waals surface area contributed by atoms with Crippen LogP contribution >= 0.6 is 22.9 Å². The molecule has 0 saturated carbocycles. The van der Waals surface area contributed by atoms with Crippen LogP contribution in [0.1, 0.15) is 46.1 Å². The van der Waals surface area contributed by atoms with Crippen LogP contribution in [0.3, 0.4) is 0 Å². The lowest BCUT2D eigenvalue weighted by Crippen LogP contribution is -2.38. The zero-order valence-electron chi connectivity index (χ0n) is 20.8. The van der Waals surface area contributed by atoms with Crippen LogP contribution in [0.25, 0.3) is 5.00 Å². The molecule has 0 spiro atoms. The number of hydrogen-bond donors (Lipinski definition) is 1. The summed E-state index contributed by atoms with van der Waals surface area (Å²) in [5, 5.41) is 4.17. The minimum absolute atomic E-state index is 0.0208. The summed E-state index contributed by atoms with van der Waals surface area (Å²) in [6, 6.07) is 16.2. The van der Waals surface area contributed by atoms with Crippen molar-refractivity contribution < 1.29 is 9.18 Å². The molecule has 5 nitrogen and oxygen atoms in total. The van der Waals surface area contributed by atoms with E-state index >= 15 is 0 Å². The Balaban J connectivity index is 1.47. The standard InChI is InChI=1S/C29H28ClFN4OS/c1-33(2)20-12-9-18(10-13-20)27-25-7-5-15-34(25)28-22(21-6-3-4-8-26(21)37-28)17-35(27)29(36)32-19-11-14-24(31)23(30)16-19/h5,7,9-16,27H,3-4,6,8,17H2,1-2H3,(H,32,36)/t27-/m1/s1. The third-order valence-corrected chi connectivity index (χ3v) is 8.96. The lowest BCUT2D eigenvalue weighted by Gasteiger charge is -2.31. The fourth-order valence-electron chi connectivity index (χ4n) is 5.46. The molecule has 2 aromatic heterocycles. The second kappa shape index (κ2) is 9.54. The number of fused-ring (bicyclic) bond motifs is 5. The smallest absolute Gasteiger partial charge is 0.322 e. The number of amides is 2. The zero-order chi connectivity index (χ0) is 25.7. The second-order valence-corrected chi connectivity index (χ2v) is 11.4. The highest BCUT2D eigenvalue weighted by atomic mass is 35.5. The van der Waals surface area contributed by atoms with Gasteiger partial charge in [-0.1, -0.05) is 23.7 Å². The van der Waals surface area contributed by atoms with E-state index in [0.717, 1.165) is 29.8 Å². The maximum atomic E-state index is 14.0. The average Bonchev–Trinajstić information content (AvgIpc) is 3.48. The van der Waals surface area contributed by atoms with E-state index < -0.39 is 5.82 Å². The zero-order valence-corrected chi connectivity index (χ0v) is 22.4. The first-order chi connectivity index (χ1) is 17.9. The number of aromatic nitrogens is 1. The first-order valence-electron chi connectivity index (χ1n) is 12.5. The highest BCUT2D eigenvalue weighted by Gasteiger charge is 2.36. The number of benzene rings is 2. The van der Waals surface area contributed by atoms with Crippen molar-refractivity contribution in [1.82, 2.24) is 9.47 Å². The van der Waals surface area contributed by atoms with Crippen LogP contribution < -0.4 is 10.2 Å². The molecule has 2 aliphatic rings. The van der Waals surface area contributed by atoms with E-state index in [1.54, 1.807) is 6.07 Å². The minimum Gasteiger partial charge on any atom is -0.378 e. The highest BCUT2D eigenvalue weighted by molar-refractivity contribution is 7.15. The lowest BCUT2D eigenvalue weighted by molar-refractivity contribution is 0.194. The molecule has 1 aliphatic carbocycles. The van der Waals surface area contributed by atoms with E-state index in [-0.39, 0.29) is 17.1 Å². The van der Waals surface area contributed by atoms with E-state index in [9.17, 15) is 9.18 Å². The third kappa shape index (κ3) is 4.30. The molecule has 1 atom stereocenters. The van der Waals surface area contributed by atoms with E-state index in [0.29, 0.717) is 12.2 Å². The van der Waals surface area contributed by atoms with E-state index in [4.69, 9.17) is 11.6 Å². The van der Waals surface area contributed by atoms with Gasteiger partial charge in [0.2, 0.25) is 0 Å². The average molecular weight is 535 g/mol. The maximum Gasteiger partial charge on any atom is 0.322 e. The SMILES string of the molecule is CN(C)c1ccc([C@@H]2c3cccn3-c3sc4c(c3CN2C(=O)Nc2ccc(F)c(Cl)c2)CCCC4)cc1. The van der Waals surface area contributed by atoms with Crippen molar-refractivity contribution in [3.63, 3.8) is 0 Å². The number of halogens is 2. The molecule has 4 aromatic rings. The summed E-state index contributed by atoms with van der Waals surface area (Å²) in [5.74, 6) is -0.513. The molecule has 6 rings (SSSR count). The lowest BCUT2D eigenvalue weighted by atomic mass is 9.95. The Bertz CT molecular complexity index is 1480. The van der Waals surface area contributed by atoms with Gasteiger partial charge in [0.05, 0.1) is 23.3 Å². The summed E-state index contributed by atoms with van der Waals surface area (Å²) in [7, 11) is 4.03. The summed E-state index contributed by atoms with van der Waals surface area (Å²) in [5.41, 5.74) is 6.27. The number of nitrogens with zero attached hydrogens (tertiary/aromatic N) is 3. The predicted molar refractivity (Wildman–Crippen MR) is 149 cm³/mol. The first kappa shape index (κ1) is 24.1. The molecular formula is C29H28ClFN4OS. The molecule has 190 valence electrons. The van der Waals surface area contributed by atoms with Gasteiger partial charge in [-0.25, -0.2) is 9.18 Å². The van der Waals surface area contributed by atoms with Crippen molar-refractivity contribution in [1.29, 1.82) is 0 Å². The summed E-state index contributed by atoms with van der Waals surface area (Å²) < 4.78 is 16.0. The van der Waals surface area contributed by atoms with Crippen LogP contribution in [-0.4, -0.2) is 29.6 Å². The number of carbonyl (C=O) groups excluding carboxylic acids is 1. The van der Waals surface area contributed by atoms with Crippen LogP contribution in [0.2, 0.25) is 5.02 Å². The van der Waals surface area contributed by atoms with Gasteiger partial charge in [-0.05, 0) is 79.3 Å². The predicted octanol–water partition coefficient (Wildman–Crippen LogP) is 7.41. The Morgan fingerprint density at radius 1 is 1.08 bits per heavy atom. The maximum absolute atomic E-state index is 14.0. The quantitative estimate of drug-likeness (QED) is 0.297. The van der Waals surface area contributed by atoms with E-state index in [1.165, 1.54) is 46.0 Å². The molecular weight excluding hydrogens is 507 g/mol. The van der Waals surface area contributed by atoms with Gasteiger partial charge in [0.1, 0.15) is 10.8 Å². The molecule has 2 aromatic carbocycles. The van der Waals surface area contributed by atoms with Crippen molar-refractivity contribution in [2.45, 2.75) is 38.3 Å². The van der Waals surface area contributed by atoms with E-state index in [1.807, 2.05) is 30.3 Å². The Morgan fingerprint density at radius 2 is 1.86 bits per heavy atom. The van der Waals surface area contributed by atoms with Crippen LogP contribution in [0, 0.1) is 5.82 Å². The number of hydrogen-bond acceptors (Lipinski definition) is 3. The summed E-state index contributed by atoms with van der Waals surface area (Å²) in [6.45, 7) is 0.490. The van der Waals surface area contributed by atoms with Gasteiger partial charge in [0, 0.05) is 42.1 Å². The first-order valence-corrected chi connectivity index (χ1v) is 13.7. The number of nitrogens with one attached hydrogen (secondary N) is 1. The van der Waals surface area contributed by atoms with Crippen molar-refractivity contribution in [2.24, 2.45) is 0 Å². The van der Waals surface area contributed by atoms with Crippen molar-refractivity contribution in [2.75, 3.05) is 24.3 Å². The number of thiophene rings is 1. The highest BCUT2D eigenvalue weighted by Crippen LogP contribution is 2.44. The van der Waals surface area contributed by atoms with Gasteiger partial charge >= 0.3 is 6.03 Å². The summed E-state index contributed by atoms with van der Waals surface area (Å²) >= 11 is 7.87. The van der Waals surface area contributed by atoms with Crippen molar-refractivity contribution in [3.8, 4) is 5.00 Å². The molecule has 0 bridgehead atoms. The third-order valence-electron chi connectivity index (χ3n) is 7.34. The fraction of sp³-hybridized carbons (Fsp3) is 0.276. The van der Waals surface area contributed by atoms with E-state index in [2.05, 4.69) is 57.4 Å². The Hall–Kier alpha value is -3.29. The van der Waals surface area contributed by atoms with Crippen LogP contribution in [0.5, 0.6) is 0 Å². The Kier molecular flexibility index (Phi) is 6.21. The summed E-state index contributed by atoms with van der Waals surface area (Å²) in [4.78, 5) is 19.4. The minimum atomic E-state index is -0.513. The Morgan fingerprint density at radius 3 is 2.62 bits per heavy atom. The fourth-order valence-corrected chi connectivity index (χ4v) is 7.05. The molecule has 0 saturated heterocycles. The number of urea groups is 1. The monoisotopic (exact) mass is 534 g/mol. The molecule has 1 N–H and O–H groups in total. The summed E-state index contributed by atoms with van der Waals surface area (Å²) in [6.07, 6.45) is 6.63. The molecule has 8 heteroatoms. The normalized spacial score (nSPS) is 16.4. The molecule has 1 aliphatic heterocycles. The largest absolute Gasteiger partial charge is 0.378 e. The van der Waals surface area contributed by atoms with Gasteiger partial charge in [-0.15, -0.1) is 11.3 Å². The molecule has 0 radical (unpaired) electrons. The van der Waals surface area contributed by atoms with Gasteiger partial charge in [0.25, 0.3) is 0 Å². The molecule has 0 fully saturated rings. The van der Waals surface area contributed by atoms with Crippen molar-refractivity contribution in [3.05, 3.63) is 98.9 Å². The molecule has 37 heavy (non-hydrogen) atoms. The molecule has 0 unspecified atom stereocenters. The van der Waals surface area contributed by atoms with Gasteiger partial charge in [0.15, 0.2) is 0 Å². The number of anilines is 2. The van der Waals surface area contributed by atoms with Gasteiger partial charge in [-0.3, -0.25) is 0 Å².